The fourth-order valence-corrected chi connectivity index (χ4v) is 3.27. The Morgan fingerprint density at radius 2 is 1.62 bits per heavy atom. The first-order chi connectivity index (χ1) is 12.6. The van der Waals surface area contributed by atoms with Crippen LogP contribution in [0.2, 0.25) is 0 Å². The zero-order valence-electron chi connectivity index (χ0n) is 14.7. The summed E-state index contributed by atoms with van der Waals surface area (Å²) in [4.78, 5) is 17.7. The number of fused-ring (bicyclic) bond motifs is 1. The van der Waals surface area contributed by atoms with Crippen LogP contribution in [0.5, 0.6) is 0 Å². The predicted molar refractivity (Wildman–Crippen MR) is 107 cm³/mol. The Balaban J connectivity index is 1.84. The molecule has 0 unspecified atom stereocenters. The van der Waals surface area contributed by atoms with E-state index in [4.69, 9.17) is 4.99 Å². The van der Waals surface area contributed by atoms with Crippen molar-refractivity contribution in [2.45, 2.75) is 13.8 Å². The topological polar surface area (TPSA) is 50.1 Å². The molecule has 0 amide bonds. The standard InChI is InChI=1S/C22H19N3O/c1-15(23-20-14-8-10-17-9-6-7-13-19(17)20)21-16(2)24-25(22(21)26)18-11-4-3-5-12-18/h3-14,24H,1-2H3. The van der Waals surface area contributed by atoms with E-state index in [2.05, 4.69) is 17.2 Å². The number of benzene rings is 3. The Labute approximate surface area is 151 Å². The Morgan fingerprint density at radius 3 is 2.42 bits per heavy atom. The highest BCUT2D eigenvalue weighted by Gasteiger charge is 2.15. The lowest BCUT2D eigenvalue weighted by atomic mass is 10.1. The summed E-state index contributed by atoms with van der Waals surface area (Å²) >= 11 is 0. The molecule has 0 fully saturated rings. The van der Waals surface area contributed by atoms with Crippen LogP contribution >= 0.6 is 0 Å². The van der Waals surface area contributed by atoms with Crippen molar-refractivity contribution in [2.24, 2.45) is 4.99 Å². The second kappa shape index (κ2) is 6.48. The van der Waals surface area contributed by atoms with Crippen LogP contribution in [0.4, 0.5) is 5.69 Å². The molecule has 128 valence electrons. The van der Waals surface area contributed by atoms with E-state index in [1.165, 1.54) is 0 Å². The van der Waals surface area contributed by atoms with Crippen LogP contribution in [0.3, 0.4) is 0 Å². The van der Waals surface area contributed by atoms with Crippen LogP contribution in [0.15, 0.2) is 82.6 Å². The van der Waals surface area contributed by atoms with Crippen LogP contribution in [-0.2, 0) is 0 Å². The van der Waals surface area contributed by atoms with Crippen molar-refractivity contribution in [2.75, 3.05) is 0 Å². The van der Waals surface area contributed by atoms with Gasteiger partial charge in [-0.1, -0.05) is 54.6 Å². The van der Waals surface area contributed by atoms with E-state index >= 15 is 0 Å². The van der Waals surface area contributed by atoms with Gasteiger partial charge in [0, 0.05) is 11.1 Å². The summed E-state index contributed by atoms with van der Waals surface area (Å²) in [5.74, 6) is 0. The zero-order chi connectivity index (χ0) is 18.1. The number of aryl methyl sites for hydroxylation is 1. The summed E-state index contributed by atoms with van der Waals surface area (Å²) in [6.07, 6.45) is 0. The average molecular weight is 341 g/mol. The van der Waals surface area contributed by atoms with Gasteiger partial charge < -0.3 is 0 Å². The molecule has 0 spiro atoms. The fourth-order valence-electron chi connectivity index (χ4n) is 3.27. The van der Waals surface area contributed by atoms with Gasteiger partial charge >= 0.3 is 0 Å². The van der Waals surface area contributed by atoms with E-state index in [0.717, 1.165) is 27.8 Å². The first-order valence-electron chi connectivity index (χ1n) is 8.55. The fraction of sp³-hybridized carbons (Fsp3) is 0.0909. The molecule has 0 aliphatic carbocycles. The van der Waals surface area contributed by atoms with Crippen molar-refractivity contribution in [1.29, 1.82) is 0 Å². The molecule has 1 aromatic heterocycles. The summed E-state index contributed by atoms with van der Waals surface area (Å²) in [6.45, 7) is 3.78. The first kappa shape index (κ1) is 16.1. The third kappa shape index (κ3) is 2.75. The predicted octanol–water partition coefficient (Wildman–Crippen LogP) is 4.77. The van der Waals surface area contributed by atoms with Crippen molar-refractivity contribution in [3.63, 3.8) is 0 Å². The number of H-pyrrole nitrogens is 1. The minimum Gasteiger partial charge on any atom is -0.295 e. The Hall–Kier alpha value is -3.40. The summed E-state index contributed by atoms with van der Waals surface area (Å²) in [7, 11) is 0. The summed E-state index contributed by atoms with van der Waals surface area (Å²) in [6, 6.07) is 23.7. The number of hydrogen-bond acceptors (Lipinski definition) is 2. The maximum Gasteiger partial charge on any atom is 0.280 e. The minimum atomic E-state index is -0.0878. The van der Waals surface area contributed by atoms with Gasteiger partial charge in [-0.3, -0.25) is 14.9 Å². The van der Waals surface area contributed by atoms with Gasteiger partial charge in [0.2, 0.25) is 0 Å². The Morgan fingerprint density at radius 1 is 0.923 bits per heavy atom. The van der Waals surface area contributed by atoms with Gasteiger partial charge in [0.25, 0.3) is 5.56 Å². The normalized spacial score (nSPS) is 11.8. The van der Waals surface area contributed by atoms with Crippen molar-refractivity contribution in [3.8, 4) is 5.69 Å². The van der Waals surface area contributed by atoms with E-state index < -0.39 is 0 Å². The number of nitrogens with one attached hydrogen (secondary N) is 1. The van der Waals surface area contributed by atoms with Gasteiger partial charge in [-0.15, -0.1) is 0 Å². The summed E-state index contributed by atoms with van der Waals surface area (Å²) in [5, 5.41) is 5.36. The monoisotopic (exact) mass is 341 g/mol. The SMILES string of the molecule is CC(=Nc1cccc2ccccc12)c1c(C)[nH]n(-c2ccccc2)c1=O. The van der Waals surface area contributed by atoms with Gasteiger partial charge in [0.1, 0.15) is 0 Å². The molecular weight excluding hydrogens is 322 g/mol. The van der Waals surface area contributed by atoms with Crippen LogP contribution in [0.1, 0.15) is 18.2 Å². The van der Waals surface area contributed by atoms with E-state index in [1.807, 2.05) is 74.5 Å². The van der Waals surface area contributed by atoms with Crippen molar-refractivity contribution >= 4 is 22.2 Å². The highest BCUT2D eigenvalue weighted by molar-refractivity contribution is 6.03. The molecule has 4 nitrogen and oxygen atoms in total. The van der Waals surface area contributed by atoms with Crippen LogP contribution in [-0.4, -0.2) is 15.5 Å². The van der Waals surface area contributed by atoms with Crippen molar-refractivity contribution in [1.82, 2.24) is 9.78 Å². The molecule has 4 rings (SSSR count). The van der Waals surface area contributed by atoms with Crippen LogP contribution < -0.4 is 5.56 Å². The van der Waals surface area contributed by atoms with Crippen LogP contribution in [0, 0.1) is 6.92 Å². The molecule has 0 saturated carbocycles. The molecule has 0 saturated heterocycles. The minimum absolute atomic E-state index is 0.0878. The van der Waals surface area contributed by atoms with Gasteiger partial charge in [-0.05, 0) is 37.4 Å². The van der Waals surface area contributed by atoms with E-state index in [1.54, 1.807) is 4.68 Å². The maximum absolute atomic E-state index is 12.9. The second-order valence-corrected chi connectivity index (χ2v) is 6.28. The molecule has 0 aliphatic rings. The molecule has 26 heavy (non-hydrogen) atoms. The quantitative estimate of drug-likeness (QED) is 0.536. The summed E-state index contributed by atoms with van der Waals surface area (Å²) in [5.41, 5.74) is 3.71. The van der Waals surface area contributed by atoms with Gasteiger partial charge in [-0.2, -0.15) is 0 Å². The lowest BCUT2D eigenvalue weighted by Crippen LogP contribution is -2.19. The zero-order valence-corrected chi connectivity index (χ0v) is 14.7. The number of rotatable bonds is 3. The molecule has 4 heteroatoms. The molecule has 4 aromatic rings. The maximum atomic E-state index is 12.9. The second-order valence-electron chi connectivity index (χ2n) is 6.28. The largest absolute Gasteiger partial charge is 0.295 e. The van der Waals surface area contributed by atoms with E-state index in [-0.39, 0.29) is 5.56 Å². The third-order valence-electron chi connectivity index (χ3n) is 4.50. The number of aromatic amines is 1. The van der Waals surface area contributed by atoms with Crippen LogP contribution in [0.25, 0.3) is 16.5 Å². The number of hydrogen-bond donors (Lipinski definition) is 1. The Bertz CT molecular complexity index is 1160. The molecule has 0 atom stereocenters. The number of aromatic nitrogens is 2. The van der Waals surface area contributed by atoms with E-state index in [9.17, 15) is 4.79 Å². The highest BCUT2D eigenvalue weighted by atomic mass is 16.1. The first-order valence-corrected chi connectivity index (χ1v) is 8.55. The molecule has 0 radical (unpaired) electrons. The van der Waals surface area contributed by atoms with E-state index in [0.29, 0.717) is 11.3 Å². The molecular formula is C22H19N3O. The van der Waals surface area contributed by atoms with Crippen molar-refractivity contribution < 1.29 is 0 Å². The average Bonchev–Trinajstić information content (AvgIpc) is 2.97. The number of aliphatic imine (C=N–C) groups is 1. The van der Waals surface area contributed by atoms with Gasteiger partial charge in [0.15, 0.2) is 0 Å². The van der Waals surface area contributed by atoms with Gasteiger partial charge in [-0.25, -0.2) is 4.68 Å². The lowest BCUT2D eigenvalue weighted by molar-refractivity contribution is 0.835. The molecule has 0 aliphatic heterocycles. The Kier molecular flexibility index (Phi) is 4.01. The number of nitrogens with zero attached hydrogens (tertiary/aromatic N) is 2. The molecule has 1 N–H and O–H groups in total. The third-order valence-corrected chi connectivity index (χ3v) is 4.50. The molecule has 0 bridgehead atoms. The molecule has 3 aromatic carbocycles. The lowest BCUT2D eigenvalue weighted by Gasteiger charge is -2.03. The molecule has 1 heterocycles. The smallest absolute Gasteiger partial charge is 0.280 e. The highest BCUT2D eigenvalue weighted by Crippen LogP contribution is 2.26. The number of para-hydroxylation sites is 1. The van der Waals surface area contributed by atoms with Gasteiger partial charge in [0.05, 0.1) is 22.6 Å². The van der Waals surface area contributed by atoms with Crippen molar-refractivity contribution in [3.05, 3.63) is 94.4 Å². The summed E-state index contributed by atoms with van der Waals surface area (Å²) < 4.78 is 1.56.